The van der Waals surface area contributed by atoms with E-state index in [1.165, 1.54) is 7.11 Å². The molecular formula is C66H82BIN4O13. The van der Waals surface area contributed by atoms with Crippen molar-refractivity contribution in [2.24, 2.45) is 0 Å². The number of carbonyl (C=O) groups is 6. The normalized spacial score (nSPS) is 12.5. The second kappa shape index (κ2) is 37.0. The number of esters is 1. The van der Waals surface area contributed by atoms with Gasteiger partial charge in [0, 0.05) is 47.9 Å². The average molecular weight is 1280 g/mol. The largest absolute Gasteiger partial charge is 0.498 e. The molecule has 0 unspecified atom stereocenters. The lowest BCUT2D eigenvalue weighted by atomic mass is 9.78. The number of hydrogen-bond donors (Lipinski definition) is 4. The number of para-hydroxylation sites is 2. The van der Waals surface area contributed by atoms with Crippen molar-refractivity contribution in [2.75, 3.05) is 53.6 Å². The molecule has 0 atom stereocenters. The van der Waals surface area contributed by atoms with Crippen LogP contribution in [0.25, 0.3) is 11.1 Å². The molecule has 1 heterocycles. The van der Waals surface area contributed by atoms with Gasteiger partial charge in [0.2, 0.25) is 23.6 Å². The van der Waals surface area contributed by atoms with Gasteiger partial charge in [0.25, 0.3) is 0 Å². The lowest BCUT2D eigenvalue weighted by Gasteiger charge is -2.32. The van der Waals surface area contributed by atoms with E-state index >= 15 is 0 Å². The van der Waals surface area contributed by atoms with Crippen molar-refractivity contribution in [2.45, 2.75) is 104 Å². The second-order valence-corrected chi connectivity index (χ2v) is 22.0. The minimum absolute atomic E-state index is 0.0298. The first kappa shape index (κ1) is 69.9. The molecule has 19 heteroatoms. The van der Waals surface area contributed by atoms with E-state index in [9.17, 15) is 28.8 Å². The van der Waals surface area contributed by atoms with Gasteiger partial charge in [0.1, 0.15) is 11.5 Å². The quantitative estimate of drug-likeness (QED) is 0.0172. The number of ether oxygens (including phenoxy) is 3. The SMILES string of the molecule is CCCCNC(=O)CN(Cc1cccc(-c2ccccc2OCC(=O)O)c1)C(=O)Cc1ccccc1.CCCCNC(=O)CN(Cc1cccc(I)c1)C(=O)Cc1ccccc1.CO.COC(=O)COc1ccccc1B1OC(C)(C)C(C)(C)O1. The van der Waals surface area contributed by atoms with Crippen LogP contribution in [-0.4, -0.2) is 128 Å². The Hall–Kier alpha value is -7.59. The van der Waals surface area contributed by atoms with Crippen molar-refractivity contribution in [3.8, 4) is 22.6 Å². The third-order valence-electron chi connectivity index (χ3n) is 13.6. The molecule has 6 aromatic rings. The number of unbranched alkanes of at least 4 members (excludes halogenated alkanes) is 2. The Morgan fingerprint density at radius 1 is 0.565 bits per heavy atom. The highest BCUT2D eigenvalue weighted by molar-refractivity contribution is 14.1. The van der Waals surface area contributed by atoms with E-state index in [4.69, 9.17) is 29.0 Å². The molecule has 454 valence electrons. The molecule has 1 saturated heterocycles. The lowest BCUT2D eigenvalue weighted by Crippen LogP contribution is -2.41. The maximum atomic E-state index is 13.2. The summed E-state index contributed by atoms with van der Waals surface area (Å²) in [6.07, 6.45) is 4.33. The van der Waals surface area contributed by atoms with Crippen molar-refractivity contribution in [1.82, 2.24) is 20.4 Å². The fourth-order valence-electron chi connectivity index (χ4n) is 8.35. The molecular weight excluding hydrogens is 1190 g/mol. The molecule has 0 saturated carbocycles. The van der Waals surface area contributed by atoms with Crippen molar-refractivity contribution in [3.63, 3.8) is 0 Å². The van der Waals surface area contributed by atoms with Crippen LogP contribution in [-0.2, 0) is 68.7 Å². The monoisotopic (exact) mass is 1280 g/mol. The number of halogens is 1. The van der Waals surface area contributed by atoms with E-state index in [2.05, 4.69) is 51.8 Å². The van der Waals surface area contributed by atoms with Gasteiger partial charge in [-0.25, -0.2) is 9.59 Å². The summed E-state index contributed by atoms with van der Waals surface area (Å²) in [5.74, 6) is -0.935. The summed E-state index contributed by atoms with van der Waals surface area (Å²) in [6.45, 7) is 13.5. The van der Waals surface area contributed by atoms with Crippen LogP contribution in [0.4, 0.5) is 0 Å². The zero-order chi connectivity index (χ0) is 62.2. The number of rotatable bonds is 26. The van der Waals surface area contributed by atoms with Crippen LogP contribution in [0.3, 0.4) is 0 Å². The highest BCUT2D eigenvalue weighted by Crippen LogP contribution is 2.37. The zero-order valence-electron chi connectivity index (χ0n) is 50.1. The fraction of sp³-hybridized carbons (Fsp3) is 0.364. The Morgan fingerprint density at radius 3 is 1.51 bits per heavy atom. The Bertz CT molecular complexity index is 3020. The Kier molecular flexibility index (Phi) is 30.4. The van der Waals surface area contributed by atoms with Gasteiger partial charge in [0.15, 0.2) is 13.2 Å². The zero-order valence-corrected chi connectivity index (χ0v) is 52.3. The van der Waals surface area contributed by atoms with Crippen LogP contribution in [0.15, 0.2) is 158 Å². The number of nitrogens with one attached hydrogen (secondary N) is 2. The van der Waals surface area contributed by atoms with Crippen LogP contribution in [0.2, 0.25) is 0 Å². The van der Waals surface area contributed by atoms with Crippen LogP contribution in [0, 0.1) is 3.57 Å². The summed E-state index contributed by atoms with van der Waals surface area (Å²) < 4.78 is 28.7. The number of hydrogen-bond acceptors (Lipinski definition) is 12. The summed E-state index contributed by atoms with van der Waals surface area (Å²) in [5.41, 5.74) is 5.22. The Labute approximate surface area is 515 Å². The number of aliphatic hydroxyl groups excluding tert-OH is 1. The number of carboxylic acids is 1. The highest BCUT2D eigenvalue weighted by Gasteiger charge is 2.52. The standard InChI is InChI=1S/C29H32N2O5.C21H25IN2O2.C15H21BO5.CH4O/c1-2-3-16-30-27(32)20-31(28(33)18-22-10-5-4-6-11-22)19-23-12-9-13-24(17-23)25-14-7-8-15-26(25)36-21-29(34)35;1-2-3-12-23-20(25)16-24(15-18-10-7-11-19(22)13-18)21(26)14-17-8-5-4-6-9-17;1-14(2)15(3,4)21-16(20-14)11-8-6-7-9-12(11)19-10-13(17)18-5;1-2/h4-15,17H,2-3,16,18-21H2,1H3,(H,30,32)(H,34,35);4-11,13H,2-3,12,14-16H2,1H3,(H,23,25);6-9H,10H2,1-5H3;2H,1H3. The first-order valence-electron chi connectivity index (χ1n) is 28.3. The van der Waals surface area contributed by atoms with Gasteiger partial charge < -0.3 is 54.2 Å². The van der Waals surface area contributed by atoms with Crippen molar-refractivity contribution in [1.29, 1.82) is 0 Å². The van der Waals surface area contributed by atoms with E-state index in [0.717, 1.165) is 75.2 Å². The maximum Gasteiger partial charge on any atom is 0.498 e. The number of carbonyl (C=O) groups excluding carboxylic acids is 5. The molecule has 6 aromatic carbocycles. The third kappa shape index (κ3) is 24.5. The summed E-state index contributed by atoms with van der Waals surface area (Å²) >= 11 is 2.25. The Balaban J connectivity index is 0.000000280. The van der Waals surface area contributed by atoms with Gasteiger partial charge in [-0.15, -0.1) is 0 Å². The number of aliphatic hydroxyl groups is 1. The summed E-state index contributed by atoms with van der Waals surface area (Å²) in [6, 6.07) is 49.3. The minimum atomic E-state index is -1.05. The molecule has 0 aliphatic carbocycles. The number of amides is 4. The van der Waals surface area contributed by atoms with Crippen LogP contribution in [0.1, 0.15) is 89.5 Å². The smallest absolute Gasteiger partial charge is 0.482 e. The molecule has 1 aliphatic rings. The number of methoxy groups -OCH3 is 1. The van der Waals surface area contributed by atoms with Gasteiger partial charge in [-0.05, 0) is 121 Å². The fourth-order valence-corrected chi connectivity index (χ4v) is 8.96. The van der Waals surface area contributed by atoms with Crippen molar-refractivity contribution in [3.05, 3.63) is 184 Å². The molecule has 0 radical (unpaired) electrons. The molecule has 1 fully saturated rings. The number of benzene rings is 6. The summed E-state index contributed by atoms with van der Waals surface area (Å²) in [7, 11) is 1.80. The maximum absolute atomic E-state index is 13.2. The molecule has 1 aliphatic heterocycles. The average Bonchev–Trinajstić information content (AvgIpc) is 2.04. The van der Waals surface area contributed by atoms with E-state index in [1.807, 2.05) is 167 Å². The number of nitrogens with zero attached hydrogens (tertiary/aromatic N) is 2. The highest BCUT2D eigenvalue weighted by atomic mass is 127. The predicted octanol–water partition coefficient (Wildman–Crippen LogP) is 9.23. The Morgan fingerprint density at radius 2 is 1.01 bits per heavy atom. The van der Waals surface area contributed by atoms with Gasteiger partial charge in [-0.1, -0.05) is 154 Å². The van der Waals surface area contributed by atoms with Gasteiger partial charge in [-0.3, -0.25) is 19.2 Å². The van der Waals surface area contributed by atoms with E-state index in [0.29, 0.717) is 37.6 Å². The van der Waals surface area contributed by atoms with E-state index in [-0.39, 0.29) is 56.3 Å². The summed E-state index contributed by atoms with van der Waals surface area (Å²) in [5, 5.41) is 21.8. The van der Waals surface area contributed by atoms with Crippen molar-refractivity contribution >= 4 is 70.7 Å². The van der Waals surface area contributed by atoms with Gasteiger partial charge >= 0.3 is 19.1 Å². The number of aliphatic carboxylic acids is 1. The molecule has 4 amide bonds. The van der Waals surface area contributed by atoms with Crippen LogP contribution in [0.5, 0.6) is 11.5 Å². The van der Waals surface area contributed by atoms with Gasteiger partial charge in [-0.2, -0.15) is 0 Å². The van der Waals surface area contributed by atoms with Crippen molar-refractivity contribution < 1.29 is 62.5 Å². The molecule has 85 heavy (non-hydrogen) atoms. The van der Waals surface area contributed by atoms with E-state index in [1.54, 1.807) is 28.0 Å². The van der Waals surface area contributed by atoms with Gasteiger partial charge in [0.05, 0.1) is 44.2 Å². The predicted molar refractivity (Wildman–Crippen MR) is 339 cm³/mol. The molecule has 0 spiro atoms. The molecule has 7 rings (SSSR count). The third-order valence-corrected chi connectivity index (χ3v) is 14.3. The molecule has 17 nitrogen and oxygen atoms in total. The summed E-state index contributed by atoms with van der Waals surface area (Å²) in [4.78, 5) is 76.2. The van der Waals surface area contributed by atoms with E-state index < -0.39 is 36.9 Å². The topological polar surface area (TPSA) is 220 Å². The molecule has 4 N–H and O–H groups in total. The first-order chi connectivity index (χ1) is 40.8. The minimum Gasteiger partial charge on any atom is -0.482 e. The molecule has 0 bridgehead atoms. The van der Waals surface area contributed by atoms with Crippen LogP contribution < -0.4 is 25.6 Å². The molecule has 0 aromatic heterocycles. The number of carboxylic acid groups (broad SMARTS) is 1. The second-order valence-electron chi connectivity index (χ2n) is 20.7. The van der Waals surface area contributed by atoms with Crippen LogP contribution >= 0.6 is 22.6 Å². The first-order valence-corrected chi connectivity index (χ1v) is 29.4. The lowest BCUT2D eigenvalue weighted by molar-refractivity contribution is -0.143.